The number of hydrogen-bond acceptors (Lipinski definition) is 3. The summed E-state index contributed by atoms with van der Waals surface area (Å²) in [5, 5.41) is 3.50. The molecule has 5 heteroatoms. The number of rotatable bonds is 2. The quantitative estimate of drug-likeness (QED) is 0.823. The Bertz CT molecular complexity index is 530. The van der Waals surface area contributed by atoms with Gasteiger partial charge in [0.15, 0.2) is 0 Å². The predicted molar refractivity (Wildman–Crippen MR) is 81.4 cm³/mol. The van der Waals surface area contributed by atoms with Crippen molar-refractivity contribution in [3.05, 3.63) is 28.8 Å². The Kier molecular flexibility index (Phi) is 5.15. The summed E-state index contributed by atoms with van der Waals surface area (Å²) in [6, 6.07) is 5.27. The van der Waals surface area contributed by atoms with Gasteiger partial charge in [0, 0.05) is 22.3 Å². The lowest BCUT2D eigenvalue weighted by Gasteiger charge is -2.11. The molecule has 1 aliphatic heterocycles. The average molecular weight is 295 g/mol. The first-order valence-electron chi connectivity index (χ1n) is 6.08. The summed E-state index contributed by atoms with van der Waals surface area (Å²) in [7, 11) is 0. The Morgan fingerprint density at radius 2 is 2.42 bits per heavy atom. The highest BCUT2D eigenvalue weighted by Crippen LogP contribution is 2.26. The van der Waals surface area contributed by atoms with E-state index in [1.54, 1.807) is 18.2 Å². The molecule has 3 N–H and O–H groups in total. The van der Waals surface area contributed by atoms with E-state index in [2.05, 4.69) is 17.2 Å². The smallest absolute Gasteiger partial charge is 0.228 e. The highest BCUT2D eigenvalue weighted by Gasteiger charge is 2.23. The summed E-state index contributed by atoms with van der Waals surface area (Å²) in [6.07, 6.45) is 0.931. The maximum Gasteiger partial charge on any atom is 0.228 e. The van der Waals surface area contributed by atoms with E-state index in [0.29, 0.717) is 10.7 Å². The Hall–Kier alpha value is -1.15. The van der Waals surface area contributed by atoms with Crippen molar-refractivity contribution in [2.75, 3.05) is 23.4 Å². The first kappa shape index (κ1) is 14.3. The Morgan fingerprint density at radius 3 is 3.11 bits per heavy atom. The van der Waals surface area contributed by atoms with E-state index in [-0.39, 0.29) is 18.4 Å². The van der Waals surface area contributed by atoms with Crippen LogP contribution >= 0.6 is 23.4 Å². The molecule has 1 aromatic rings. The molecule has 0 aromatic heterocycles. The summed E-state index contributed by atoms with van der Waals surface area (Å²) in [5.41, 5.74) is 6.77. The van der Waals surface area contributed by atoms with Gasteiger partial charge in [0.05, 0.1) is 12.2 Å². The van der Waals surface area contributed by atoms with E-state index >= 15 is 0 Å². The number of anilines is 1. The highest BCUT2D eigenvalue weighted by molar-refractivity contribution is 7.99. The summed E-state index contributed by atoms with van der Waals surface area (Å²) in [5.74, 6) is 7.79. The van der Waals surface area contributed by atoms with E-state index in [9.17, 15) is 4.79 Å². The number of nitrogens with two attached hydrogens (primary N) is 1. The summed E-state index contributed by atoms with van der Waals surface area (Å²) in [6.45, 7) is 0.287. The zero-order valence-corrected chi connectivity index (χ0v) is 12.0. The van der Waals surface area contributed by atoms with Crippen LogP contribution in [0.15, 0.2) is 18.2 Å². The molecule has 0 bridgehead atoms. The fraction of sp³-hybridized carbons (Fsp3) is 0.357. The number of halogens is 1. The second-order valence-corrected chi connectivity index (χ2v) is 5.83. The third kappa shape index (κ3) is 3.90. The van der Waals surface area contributed by atoms with Crippen LogP contribution in [0.2, 0.25) is 5.02 Å². The zero-order chi connectivity index (χ0) is 13.7. The number of nitrogens with one attached hydrogen (secondary N) is 1. The largest absolute Gasteiger partial charge is 0.325 e. The molecular weight excluding hydrogens is 280 g/mol. The monoisotopic (exact) mass is 294 g/mol. The molecule has 0 saturated carbocycles. The molecule has 1 fully saturated rings. The standard InChI is InChI=1S/C14H15ClN2OS/c15-12-4-3-10(2-1-6-16)13(8-12)17-14(18)11-5-7-19-9-11/h3-4,8,11H,5-7,9,16H2,(H,17,18). The maximum atomic E-state index is 12.1. The number of amides is 1. The van der Waals surface area contributed by atoms with Crippen LogP contribution < -0.4 is 11.1 Å². The minimum Gasteiger partial charge on any atom is -0.325 e. The molecule has 3 nitrogen and oxygen atoms in total. The zero-order valence-electron chi connectivity index (χ0n) is 10.4. The molecule has 1 saturated heterocycles. The van der Waals surface area contributed by atoms with Gasteiger partial charge in [-0.3, -0.25) is 4.79 Å². The molecule has 19 heavy (non-hydrogen) atoms. The number of carbonyl (C=O) groups is 1. The molecule has 1 aliphatic rings. The van der Waals surface area contributed by atoms with Gasteiger partial charge in [-0.15, -0.1) is 0 Å². The van der Waals surface area contributed by atoms with Crippen molar-refractivity contribution < 1.29 is 4.79 Å². The van der Waals surface area contributed by atoms with Crippen LogP contribution in [0.3, 0.4) is 0 Å². The lowest BCUT2D eigenvalue weighted by molar-refractivity contribution is -0.119. The number of benzene rings is 1. The van der Waals surface area contributed by atoms with Crippen molar-refractivity contribution in [1.82, 2.24) is 0 Å². The first-order chi connectivity index (χ1) is 9.20. The molecule has 1 unspecified atom stereocenters. The lowest BCUT2D eigenvalue weighted by atomic mass is 10.1. The number of hydrogen-bond donors (Lipinski definition) is 2. The van der Waals surface area contributed by atoms with Gasteiger partial charge in [-0.25, -0.2) is 0 Å². The van der Waals surface area contributed by atoms with Gasteiger partial charge in [-0.2, -0.15) is 11.8 Å². The molecule has 1 aromatic carbocycles. The van der Waals surface area contributed by atoms with Crippen LogP contribution in [-0.4, -0.2) is 24.0 Å². The fourth-order valence-corrected chi connectivity index (χ4v) is 3.24. The van der Waals surface area contributed by atoms with Crippen LogP contribution in [-0.2, 0) is 4.79 Å². The van der Waals surface area contributed by atoms with Crippen LogP contribution in [0, 0.1) is 17.8 Å². The fourth-order valence-electron chi connectivity index (χ4n) is 1.85. The van der Waals surface area contributed by atoms with E-state index in [4.69, 9.17) is 17.3 Å². The molecule has 0 spiro atoms. The molecule has 2 rings (SSSR count). The second kappa shape index (κ2) is 6.85. The SMILES string of the molecule is NCC#Cc1ccc(Cl)cc1NC(=O)C1CCSC1. The molecule has 1 atom stereocenters. The number of carbonyl (C=O) groups excluding carboxylic acids is 1. The van der Waals surface area contributed by atoms with Crippen molar-refractivity contribution in [2.45, 2.75) is 6.42 Å². The summed E-state index contributed by atoms with van der Waals surface area (Å²) < 4.78 is 0. The maximum absolute atomic E-state index is 12.1. The van der Waals surface area contributed by atoms with Gasteiger partial charge < -0.3 is 11.1 Å². The van der Waals surface area contributed by atoms with Crippen LogP contribution in [0.5, 0.6) is 0 Å². The van der Waals surface area contributed by atoms with E-state index in [1.165, 1.54) is 0 Å². The Labute approximate surface area is 122 Å². The van der Waals surface area contributed by atoms with Gasteiger partial charge in [-0.05, 0) is 30.4 Å². The van der Waals surface area contributed by atoms with Crippen molar-refractivity contribution in [2.24, 2.45) is 11.7 Å². The van der Waals surface area contributed by atoms with Gasteiger partial charge in [0.1, 0.15) is 0 Å². The Balaban J connectivity index is 2.17. The first-order valence-corrected chi connectivity index (χ1v) is 7.61. The second-order valence-electron chi connectivity index (χ2n) is 4.25. The van der Waals surface area contributed by atoms with Crippen LogP contribution in [0.1, 0.15) is 12.0 Å². The Morgan fingerprint density at radius 1 is 1.58 bits per heavy atom. The molecule has 1 amide bonds. The molecule has 100 valence electrons. The normalized spacial score (nSPS) is 17.7. The van der Waals surface area contributed by atoms with Gasteiger partial charge in [0.25, 0.3) is 0 Å². The van der Waals surface area contributed by atoms with Gasteiger partial charge in [0.2, 0.25) is 5.91 Å². The van der Waals surface area contributed by atoms with Crippen LogP contribution in [0.25, 0.3) is 0 Å². The topological polar surface area (TPSA) is 55.1 Å². The predicted octanol–water partition coefficient (Wildman–Crippen LogP) is 2.34. The minimum atomic E-state index is 0.0445. The average Bonchev–Trinajstić information content (AvgIpc) is 2.92. The highest BCUT2D eigenvalue weighted by atomic mass is 35.5. The van der Waals surface area contributed by atoms with E-state index < -0.39 is 0 Å². The van der Waals surface area contributed by atoms with Gasteiger partial charge >= 0.3 is 0 Å². The van der Waals surface area contributed by atoms with Crippen LogP contribution in [0.4, 0.5) is 5.69 Å². The molecule has 1 heterocycles. The molecule has 0 radical (unpaired) electrons. The molecule has 0 aliphatic carbocycles. The number of thioether (sulfide) groups is 1. The van der Waals surface area contributed by atoms with Crippen molar-refractivity contribution in [3.8, 4) is 11.8 Å². The third-order valence-electron chi connectivity index (χ3n) is 2.87. The minimum absolute atomic E-state index is 0.0445. The van der Waals surface area contributed by atoms with Crippen molar-refractivity contribution in [3.63, 3.8) is 0 Å². The summed E-state index contributed by atoms with van der Waals surface area (Å²) >= 11 is 7.78. The van der Waals surface area contributed by atoms with Gasteiger partial charge in [-0.1, -0.05) is 23.4 Å². The molecular formula is C14H15ClN2OS. The van der Waals surface area contributed by atoms with E-state index in [0.717, 1.165) is 23.5 Å². The summed E-state index contributed by atoms with van der Waals surface area (Å²) in [4.78, 5) is 12.1. The van der Waals surface area contributed by atoms with E-state index in [1.807, 2.05) is 11.8 Å². The van der Waals surface area contributed by atoms with Crippen molar-refractivity contribution in [1.29, 1.82) is 0 Å². The third-order valence-corrected chi connectivity index (χ3v) is 4.26. The van der Waals surface area contributed by atoms with Crippen molar-refractivity contribution >= 4 is 35.0 Å². The lowest BCUT2D eigenvalue weighted by Crippen LogP contribution is -2.22.